The summed E-state index contributed by atoms with van der Waals surface area (Å²) in [7, 11) is 0. The maximum absolute atomic E-state index is 12.7. The van der Waals surface area contributed by atoms with Gasteiger partial charge in [-0.05, 0) is 62.3 Å². The first-order valence-electron chi connectivity index (χ1n) is 8.71. The van der Waals surface area contributed by atoms with Crippen molar-refractivity contribution in [3.05, 3.63) is 17.5 Å². The number of nitrogens with zero attached hydrogens (tertiary/aromatic N) is 1. The molecule has 2 N–H and O–H groups in total. The molecule has 0 aromatic carbocycles. The monoisotopic (exact) mass is 301 g/mol. The highest BCUT2D eigenvalue weighted by atomic mass is 16.2. The van der Waals surface area contributed by atoms with Crippen LogP contribution in [-0.4, -0.2) is 21.6 Å². The Hall–Kier alpha value is -1.32. The lowest BCUT2D eigenvalue weighted by Crippen LogP contribution is -2.59. The Morgan fingerprint density at radius 2 is 1.73 bits per heavy atom. The fraction of sp³-hybridized carbons (Fsp3) is 0.778. The molecule has 0 radical (unpaired) electrons. The van der Waals surface area contributed by atoms with E-state index in [9.17, 15) is 4.79 Å². The summed E-state index contributed by atoms with van der Waals surface area (Å²) in [5, 5.41) is 10.7. The van der Waals surface area contributed by atoms with Gasteiger partial charge in [-0.15, -0.1) is 0 Å². The topological polar surface area (TPSA) is 57.8 Å². The molecule has 5 rings (SSSR count). The highest BCUT2D eigenvalue weighted by molar-refractivity contribution is 5.93. The molecule has 4 nitrogen and oxygen atoms in total. The summed E-state index contributed by atoms with van der Waals surface area (Å²) in [6.07, 6.45) is 7.73. The minimum atomic E-state index is -0.00772. The number of rotatable bonds is 2. The molecule has 4 fully saturated rings. The van der Waals surface area contributed by atoms with Crippen molar-refractivity contribution in [3.8, 4) is 0 Å². The van der Waals surface area contributed by atoms with Crippen LogP contribution in [0.5, 0.6) is 0 Å². The van der Waals surface area contributed by atoms with Crippen LogP contribution in [0.25, 0.3) is 0 Å². The maximum Gasteiger partial charge on any atom is 0.272 e. The summed E-state index contributed by atoms with van der Waals surface area (Å²) in [5.41, 5.74) is 1.61. The largest absolute Gasteiger partial charge is 0.345 e. The van der Waals surface area contributed by atoms with Crippen LogP contribution in [0.3, 0.4) is 0 Å². The first-order chi connectivity index (χ1) is 10.3. The second-order valence-electron chi connectivity index (χ2n) is 9.07. The van der Waals surface area contributed by atoms with Crippen LogP contribution in [-0.2, 0) is 5.41 Å². The van der Waals surface area contributed by atoms with Gasteiger partial charge in [0.1, 0.15) is 5.69 Å². The van der Waals surface area contributed by atoms with Crippen LogP contribution in [0, 0.1) is 17.8 Å². The highest BCUT2D eigenvalue weighted by Crippen LogP contribution is 2.55. The van der Waals surface area contributed by atoms with Gasteiger partial charge in [-0.2, -0.15) is 5.10 Å². The molecule has 1 heterocycles. The first kappa shape index (κ1) is 14.3. The maximum atomic E-state index is 12.7. The second-order valence-corrected chi connectivity index (χ2v) is 9.07. The van der Waals surface area contributed by atoms with Gasteiger partial charge in [0.15, 0.2) is 0 Å². The van der Waals surface area contributed by atoms with Gasteiger partial charge in [0, 0.05) is 16.6 Å². The minimum Gasteiger partial charge on any atom is -0.345 e. The smallest absolute Gasteiger partial charge is 0.272 e. The number of H-pyrrole nitrogens is 1. The van der Waals surface area contributed by atoms with E-state index in [0.29, 0.717) is 5.69 Å². The van der Waals surface area contributed by atoms with E-state index in [2.05, 4.69) is 36.3 Å². The standard InChI is InChI=1S/C18H27N3O/c1-17(2,3)15-7-14(20-21-15)16(22)19-18-8-11-4-12(9-18)6-13(5-11)10-18/h7,11-13H,4-6,8-10H2,1-3H3,(H,19,22)(H,20,21). The molecule has 1 aromatic heterocycles. The average Bonchev–Trinajstić information content (AvgIpc) is 2.85. The van der Waals surface area contributed by atoms with Crippen LogP contribution >= 0.6 is 0 Å². The lowest BCUT2D eigenvalue weighted by molar-refractivity contribution is -0.0167. The van der Waals surface area contributed by atoms with Crippen molar-refractivity contribution in [2.24, 2.45) is 17.8 Å². The SMILES string of the molecule is CC(C)(C)c1cc(C(=O)NC23CC4CC(CC(C4)C2)C3)n[nH]1. The number of aromatic nitrogens is 2. The van der Waals surface area contributed by atoms with Gasteiger partial charge in [-0.3, -0.25) is 9.89 Å². The highest BCUT2D eigenvalue weighted by Gasteiger charge is 2.51. The molecule has 0 saturated heterocycles. The number of aromatic amines is 1. The Morgan fingerprint density at radius 1 is 1.18 bits per heavy atom. The van der Waals surface area contributed by atoms with Crippen LogP contribution < -0.4 is 5.32 Å². The van der Waals surface area contributed by atoms with Crippen molar-refractivity contribution in [3.63, 3.8) is 0 Å². The number of carbonyl (C=O) groups excluding carboxylic acids is 1. The molecule has 4 aliphatic carbocycles. The number of amides is 1. The third kappa shape index (κ3) is 2.37. The Balaban J connectivity index is 1.51. The summed E-state index contributed by atoms with van der Waals surface area (Å²) in [6.45, 7) is 6.38. The third-order valence-electron chi connectivity index (χ3n) is 6.04. The van der Waals surface area contributed by atoms with E-state index in [1.54, 1.807) is 0 Å². The molecule has 0 unspecified atom stereocenters. The van der Waals surface area contributed by atoms with Crippen molar-refractivity contribution >= 4 is 5.91 Å². The molecule has 0 atom stereocenters. The Bertz CT molecular complexity index is 560. The molecule has 1 amide bonds. The predicted molar refractivity (Wildman–Crippen MR) is 85.7 cm³/mol. The Kier molecular flexibility index (Phi) is 2.98. The second kappa shape index (κ2) is 4.59. The van der Waals surface area contributed by atoms with E-state index in [0.717, 1.165) is 23.4 Å². The molecule has 0 spiro atoms. The van der Waals surface area contributed by atoms with Gasteiger partial charge in [0.2, 0.25) is 0 Å². The van der Waals surface area contributed by atoms with Crippen LogP contribution in [0.4, 0.5) is 0 Å². The quantitative estimate of drug-likeness (QED) is 0.879. The summed E-state index contributed by atoms with van der Waals surface area (Å²) in [4.78, 5) is 12.7. The zero-order valence-electron chi connectivity index (χ0n) is 13.9. The lowest BCUT2D eigenvalue weighted by Gasteiger charge is -2.56. The van der Waals surface area contributed by atoms with Crippen molar-refractivity contribution in [2.75, 3.05) is 0 Å². The van der Waals surface area contributed by atoms with Gasteiger partial charge in [-0.1, -0.05) is 20.8 Å². The number of nitrogens with one attached hydrogen (secondary N) is 2. The van der Waals surface area contributed by atoms with Crippen molar-refractivity contribution in [1.29, 1.82) is 0 Å². The fourth-order valence-corrected chi connectivity index (χ4v) is 5.39. The van der Waals surface area contributed by atoms with Gasteiger partial charge in [-0.25, -0.2) is 0 Å². The number of carbonyl (C=O) groups is 1. The molecule has 4 aliphatic rings. The fourth-order valence-electron chi connectivity index (χ4n) is 5.39. The summed E-state index contributed by atoms with van der Waals surface area (Å²) < 4.78 is 0. The first-order valence-corrected chi connectivity index (χ1v) is 8.71. The zero-order valence-corrected chi connectivity index (χ0v) is 13.9. The van der Waals surface area contributed by atoms with Gasteiger partial charge in [0.05, 0.1) is 0 Å². The minimum absolute atomic E-state index is 0.00772. The molecule has 120 valence electrons. The molecular formula is C18H27N3O. The summed E-state index contributed by atoms with van der Waals surface area (Å²) >= 11 is 0. The predicted octanol–water partition coefficient (Wildman–Crippen LogP) is 3.41. The lowest BCUT2D eigenvalue weighted by atomic mass is 9.53. The summed E-state index contributed by atoms with van der Waals surface area (Å²) in [5.74, 6) is 2.54. The van der Waals surface area contributed by atoms with Crippen LogP contribution in [0.2, 0.25) is 0 Å². The van der Waals surface area contributed by atoms with Crippen molar-refractivity contribution in [2.45, 2.75) is 70.3 Å². The normalized spacial score (nSPS) is 36.6. The third-order valence-corrected chi connectivity index (χ3v) is 6.04. The molecule has 4 heteroatoms. The molecular weight excluding hydrogens is 274 g/mol. The van der Waals surface area contributed by atoms with Crippen molar-refractivity contribution < 1.29 is 4.79 Å². The Morgan fingerprint density at radius 3 is 2.18 bits per heavy atom. The van der Waals surface area contributed by atoms with E-state index in [4.69, 9.17) is 0 Å². The van der Waals surface area contributed by atoms with E-state index in [-0.39, 0.29) is 16.9 Å². The van der Waals surface area contributed by atoms with Crippen molar-refractivity contribution in [1.82, 2.24) is 15.5 Å². The number of hydrogen-bond donors (Lipinski definition) is 2. The van der Waals surface area contributed by atoms with Gasteiger partial charge < -0.3 is 5.32 Å². The summed E-state index contributed by atoms with van der Waals surface area (Å²) in [6, 6.07) is 1.91. The molecule has 0 aliphatic heterocycles. The van der Waals surface area contributed by atoms with E-state index in [1.165, 1.54) is 38.5 Å². The zero-order chi connectivity index (χ0) is 15.5. The van der Waals surface area contributed by atoms with Gasteiger partial charge in [0.25, 0.3) is 5.91 Å². The molecule has 1 aromatic rings. The van der Waals surface area contributed by atoms with E-state index < -0.39 is 0 Å². The Labute approximate surface area is 132 Å². The number of hydrogen-bond acceptors (Lipinski definition) is 2. The average molecular weight is 301 g/mol. The van der Waals surface area contributed by atoms with E-state index in [1.807, 2.05) is 6.07 Å². The molecule has 4 saturated carbocycles. The van der Waals surface area contributed by atoms with Gasteiger partial charge >= 0.3 is 0 Å². The van der Waals surface area contributed by atoms with Crippen LogP contribution in [0.15, 0.2) is 6.07 Å². The molecule has 22 heavy (non-hydrogen) atoms. The van der Waals surface area contributed by atoms with Crippen LogP contribution in [0.1, 0.15) is 75.5 Å². The molecule has 4 bridgehead atoms. The van der Waals surface area contributed by atoms with E-state index >= 15 is 0 Å².